The molecule has 0 aliphatic heterocycles. The fourth-order valence-corrected chi connectivity index (χ4v) is 1.44. The van der Waals surface area contributed by atoms with E-state index in [-0.39, 0.29) is 13.2 Å². The number of ether oxygens (including phenoxy) is 2. The van der Waals surface area contributed by atoms with Gasteiger partial charge in [0, 0.05) is 0 Å². The van der Waals surface area contributed by atoms with Crippen LogP contribution in [0.1, 0.15) is 18.1 Å². The normalized spacial score (nSPS) is 11.9. The third kappa shape index (κ3) is 4.18. The Labute approximate surface area is 105 Å². The molecule has 0 saturated heterocycles. The predicted octanol–water partition coefficient (Wildman–Crippen LogP) is 1.53. The zero-order chi connectivity index (χ0) is 13.5. The lowest BCUT2D eigenvalue weighted by atomic mass is 10.1. The first-order chi connectivity index (χ1) is 8.54. The summed E-state index contributed by atoms with van der Waals surface area (Å²) in [5, 5.41) is 8.88. The van der Waals surface area contributed by atoms with E-state index >= 15 is 0 Å². The lowest BCUT2D eigenvalue weighted by Crippen LogP contribution is -2.34. The number of benzene rings is 1. The van der Waals surface area contributed by atoms with E-state index in [4.69, 9.17) is 9.84 Å². The molecule has 0 fully saturated rings. The maximum atomic E-state index is 11.3. The van der Waals surface area contributed by atoms with Crippen molar-refractivity contribution in [1.29, 1.82) is 0 Å². The van der Waals surface area contributed by atoms with Gasteiger partial charge in [0.1, 0.15) is 0 Å². The molecule has 1 unspecified atom stereocenters. The average Bonchev–Trinajstić information content (AvgIpc) is 2.29. The Morgan fingerprint density at radius 1 is 1.39 bits per heavy atom. The van der Waals surface area contributed by atoms with Crippen molar-refractivity contribution in [2.24, 2.45) is 0 Å². The van der Waals surface area contributed by atoms with Crippen LogP contribution in [0.4, 0.5) is 0 Å². The first kappa shape index (κ1) is 14.2. The minimum Gasteiger partial charge on any atom is -0.479 e. The fraction of sp³-hybridized carbons (Fsp3) is 0.385. The quantitative estimate of drug-likeness (QED) is 0.614. The van der Waals surface area contributed by atoms with Gasteiger partial charge < -0.3 is 14.6 Å². The predicted molar refractivity (Wildman–Crippen MR) is 64.0 cm³/mol. The van der Waals surface area contributed by atoms with Gasteiger partial charge in [-0.25, -0.2) is 9.59 Å². The molecule has 98 valence electrons. The van der Waals surface area contributed by atoms with Gasteiger partial charge in [-0.15, -0.1) is 0 Å². The van der Waals surface area contributed by atoms with Gasteiger partial charge in [-0.1, -0.05) is 29.8 Å². The Hall–Kier alpha value is -1.88. The molecule has 5 nitrogen and oxygen atoms in total. The van der Waals surface area contributed by atoms with E-state index in [0.29, 0.717) is 0 Å². The summed E-state index contributed by atoms with van der Waals surface area (Å²) in [4.78, 5) is 22.2. The number of carbonyl (C=O) groups excluding carboxylic acids is 1. The van der Waals surface area contributed by atoms with Gasteiger partial charge in [0.2, 0.25) is 0 Å². The smallest absolute Gasteiger partial charge is 0.347 e. The molecule has 1 aromatic rings. The van der Waals surface area contributed by atoms with Crippen molar-refractivity contribution in [2.75, 3.05) is 6.61 Å². The van der Waals surface area contributed by atoms with E-state index in [0.717, 1.165) is 11.1 Å². The summed E-state index contributed by atoms with van der Waals surface area (Å²) in [5.74, 6) is -2.22. The molecule has 1 N–H and O–H groups in total. The van der Waals surface area contributed by atoms with Crippen LogP contribution < -0.4 is 0 Å². The molecule has 1 aromatic carbocycles. The highest BCUT2D eigenvalue weighted by atomic mass is 16.6. The fourth-order valence-electron chi connectivity index (χ4n) is 1.44. The maximum Gasteiger partial charge on any atom is 0.347 e. The minimum absolute atomic E-state index is 0.0530. The molecule has 0 aliphatic rings. The van der Waals surface area contributed by atoms with Crippen LogP contribution in [0.5, 0.6) is 0 Å². The van der Waals surface area contributed by atoms with Crippen molar-refractivity contribution in [3.05, 3.63) is 35.4 Å². The summed E-state index contributed by atoms with van der Waals surface area (Å²) < 4.78 is 9.72. The van der Waals surface area contributed by atoms with E-state index in [1.165, 1.54) is 0 Å². The van der Waals surface area contributed by atoms with Crippen LogP contribution in [-0.2, 0) is 25.7 Å². The first-order valence-corrected chi connectivity index (χ1v) is 5.61. The lowest BCUT2D eigenvalue weighted by Gasteiger charge is -2.12. The monoisotopic (exact) mass is 252 g/mol. The highest BCUT2D eigenvalue weighted by molar-refractivity contribution is 5.97. The van der Waals surface area contributed by atoms with Gasteiger partial charge >= 0.3 is 11.9 Å². The number of carbonyl (C=O) groups is 2. The van der Waals surface area contributed by atoms with Crippen LogP contribution in [0.2, 0.25) is 0 Å². The second kappa shape index (κ2) is 6.76. The number of esters is 1. The van der Waals surface area contributed by atoms with Crippen molar-refractivity contribution in [3.8, 4) is 0 Å². The summed E-state index contributed by atoms with van der Waals surface area (Å²) in [6, 6.07) is 7.43. The summed E-state index contributed by atoms with van der Waals surface area (Å²) >= 11 is 0. The molecule has 0 amide bonds. The van der Waals surface area contributed by atoms with Crippen LogP contribution in [0.25, 0.3) is 0 Å². The largest absolute Gasteiger partial charge is 0.479 e. The molecule has 0 aromatic heterocycles. The number of carboxylic acid groups (broad SMARTS) is 1. The van der Waals surface area contributed by atoms with E-state index in [1.807, 2.05) is 25.1 Å². The van der Waals surface area contributed by atoms with Gasteiger partial charge in [-0.3, -0.25) is 0 Å². The maximum absolute atomic E-state index is 11.3. The Morgan fingerprint density at radius 3 is 2.67 bits per heavy atom. The zero-order valence-electron chi connectivity index (χ0n) is 10.4. The summed E-state index contributed by atoms with van der Waals surface area (Å²) in [5.41, 5.74) is 1.85. The molecule has 0 heterocycles. The molecule has 0 bridgehead atoms. The summed E-state index contributed by atoms with van der Waals surface area (Å²) in [6.45, 7) is 3.70. The third-order valence-corrected chi connectivity index (χ3v) is 2.22. The average molecular weight is 252 g/mol. The van der Waals surface area contributed by atoms with Crippen molar-refractivity contribution in [3.63, 3.8) is 0 Å². The van der Waals surface area contributed by atoms with Gasteiger partial charge in [-0.05, 0) is 19.4 Å². The number of hydrogen-bond donors (Lipinski definition) is 1. The topological polar surface area (TPSA) is 72.8 Å². The van der Waals surface area contributed by atoms with Gasteiger partial charge in [-0.2, -0.15) is 0 Å². The highest BCUT2D eigenvalue weighted by Crippen LogP contribution is 2.08. The highest BCUT2D eigenvalue weighted by Gasteiger charge is 2.28. The third-order valence-electron chi connectivity index (χ3n) is 2.22. The van der Waals surface area contributed by atoms with E-state index in [2.05, 4.69) is 4.74 Å². The summed E-state index contributed by atoms with van der Waals surface area (Å²) in [7, 11) is 0. The number of hydrogen-bond acceptors (Lipinski definition) is 4. The van der Waals surface area contributed by atoms with Crippen LogP contribution in [0.15, 0.2) is 24.3 Å². The van der Waals surface area contributed by atoms with Crippen LogP contribution >= 0.6 is 0 Å². The van der Waals surface area contributed by atoms with Crippen molar-refractivity contribution in [2.45, 2.75) is 26.6 Å². The number of rotatable bonds is 6. The minimum atomic E-state index is -1.58. The van der Waals surface area contributed by atoms with Gasteiger partial charge in [0.25, 0.3) is 6.10 Å². The molecule has 1 rings (SSSR count). The Bertz CT molecular complexity index is 427. The second-order valence-electron chi connectivity index (χ2n) is 3.77. The van der Waals surface area contributed by atoms with Crippen LogP contribution in [0.3, 0.4) is 0 Å². The molecule has 0 aliphatic carbocycles. The molecular formula is C13H16O5. The van der Waals surface area contributed by atoms with Gasteiger partial charge in [0.15, 0.2) is 0 Å². The molecular weight excluding hydrogens is 236 g/mol. The SMILES string of the molecule is CCOC(=O)C(OCc1cccc(C)c1)C(=O)O. The van der Waals surface area contributed by atoms with Crippen molar-refractivity contribution < 1.29 is 24.2 Å². The van der Waals surface area contributed by atoms with Gasteiger partial charge in [0.05, 0.1) is 13.2 Å². The summed E-state index contributed by atoms with van der Waals surface area (Å²) in [6.07, 6.45) is -1.58. The van der Waals surface area contributed by atoms with Crippen molar-refractivity contribution >= 4 is 11.9 Å². The lowest BCUT2D eigenvalue weighted by molar-refractivity contribution is -0.170. The Balaban J connectivity index is 2.63. The first-order valence-electron chi connectivity index (χ1n) is 5.61. The standard InChI is InChI=1S/C13H16O5/c1-3-17-13(16)11(12(14)15)18-8-10-6-4-5-9(2)7-10/h4-7,11H,3,8H2,1-2H3,(H,14,15). The number of carboxylic acids is 1. The van der Waals surface area contributed by atoms with E-state index in [1.54, 1.807) is 13.0 Å². The molecule has 0 spiro atoms. The number of aryl methyl sites for hydroxylation is 1. The molecule has 5 heteroatoms. The second-order valence-corrected chi connectivity index (χ2v) is 3.77. The van der Waals surface area contributed by atoms with Crippen LogP contribution in [-0.4, -0.2) is 29.8 Å². The Kier molecular flexibility index (Phi) is 5.32. The van der Waals surface area contributed by atoms with Crippen molar-refractivity contribution in [1.82, 2.24) is 0 Å². The Morgan fingerprint density at radius 2 is 2.11 bits per heavy atom. The van der Waals surface area contributed by atoms with E-state index in [9.17, 15) is 9.59 Å². The van der Waals surface area contributed by atoms with E-state index < -0.39 is 18.0 Å². The zero-order valence-corrected chi connectivity index (χ0v) is 10.4. The molecule has 1 atom stereocenters. The molecule has 18 heavy (non-hydrogen) atoms. The molecule has 0 saturated carbocycles. The molecule has 0 radical (unpaired) electrons. The van der Waals surface area contributed by atoms with Crippen LogP contribution in [0, 0.1) is 6.92 Å². The number of aliphatic carboxylic acids is 1.